The quantitative estimate of drug-likeness (QED) is 0.0462. The van der Waals surface area contributed by atoms with E-state index in [1.807, 2.05) is 59.3 Å². The third-order valence-electron chi connectivity index (χ3n) is 14.6. The number of aromatic nitrogens is 6. The number of hydrogen-bond acceptors (Lipinski definition) is 4. The fraction of sp³-hybridized carbons (Fsp3) is 0.233. The van der Waals surface area contributed by atoms with Crippen LogP contribution in [0.25, 0.3) is 68.7 Å². The Morgan fingerprint density at radius 1 is 0.675 bits per heavy atom. The summed E-state index contributed by atoms with van der Waals surface area (Å²) in [5.74, 6) is -0.693. The van der Waals surface area contributed by atoms with Gasteiger partial charge in [-0.3, -0.25) is 4.79 Å². The van der Waals surface area contributed by atoms with E-state index in [0.29, 0.717) is 13.0 Å². The smallest absolute Gasteiger partial charge is 0.303 e. The number of allylic oxidation sites excluding steroid dienone is 5. The van der Waals surface area contributed by atoms with Gasteiger partial charge in [-0.2, -0.15) is 0 Å². The van der Waals surface area contributed by atoms with Gasteiger partial charge in [0.15, 0.2) is 44.1 Å². The molecule has 3 aromatic carbocycles. The highest BCUT2D eigenvalue weighted by atomic mass is 16.4. The van der Waals surface area contributed by atoms with Crippen LogP contribution in [-0.2, 0) is 37.3 Å². The molecule has 0 spiro atoms. The zero-order valence-corrected chi connectivity index (χ0v) is 49.7. The molecule has 8 bridgehead atoms. The molecule has 11 rings (SSSR count). The number of hydrogen-bond donors (Lipinski definition) is 4. The van der Waals surface area contributed by atoms with Crippen molar-refractivity contribution < 1.29 is 24.4 Å². The summed E-state index contributed by atoms with van der Waals surface area (Å²) in [5.41, 5.74) is 23.6. The number of benzene rings is 3. The maximum absolute atomic E-state index is 9.76. The van der Waals surface area contributed by atoms with Crippen LogP contribution in [0.4, 0.5) is 0 Å². The maximum atomic E-state index is 9.76. The van der Waals surface area contributed by atoms with Crippen LogP contribution in [0.2, 0.25) is 0 Å². The molecule has 0 aliphatic carbocycles. The van der Waals surface area contributed by atoms with E-state index in [1.165, 1.54) is 33.4 Å². The number of unbranched alkanes of at least 4 members (excludes halogenated alkanes) is 1. The second-order valence-electron chi connectivity index (χ2n) is 20.6. The molecule has 422 valence electrons. The van der Waals surface area contributed by atoms with E-state index >= 15 is 0 Å². The Morgan fingerprint density at radius 2 is 1.23 bits per heavy atom. The highest BCUT2D eigenvalue weighted by Gasteiger charge is 2.24. The number of aromatic amines is 3. The van der Waals surface area contributed by atoms with E-state index in [2.05, 4.69) is 227 Å². The predicted octanol–water partition coefficient (Wildman–Crippen LogP) is 14.2. The van der Waals surface area contributed by atoms with E-state index in [0.717, 1.165) is 135 Å². The molecule has 7 aromatic rings. The van der Waals surface area contributed by atoms with Gasteiger partial charge in [-0.25, -0.2) is 24.5 Å². The first-order chi connectivity index (χ1) is 40.6. The zero-order chi connectivity index (χ0) is 58.7. The van der Waals surface area contributed by atoms with Crippen LogP contribution in [0, 0.1) is 20.8 Å². The van der Waals surface area contributed by atoms with Gasteiger partial charge in [-0.05, 0) is 110 Å². The van der Waals surface area contributed by atoms with E-state index < -0.39 is 5.97 Å². The summed E-state index contributed by atoms with van der Waals surface area (Å²) in [6.07, 6.45) is 33.6. The number of aryl methyl sites for hydroxylation is 5. The number of pyridine rings is 2. The lowest BCUT2D eigenvalue weighted by Crippen LogP contribution is -2.66. The minimum absolute atomic E-state index is 0.316. The second-order valence-corrected chi connectivity index (χ2v) is 20.6. The van der Waals surface area contributed by atoms with Crippen molar-refractivity contribution in [1.82, 2.24) is 24.8 Å². The molecule has 0 fully saturated rings. The topological polar surface area (TPSA) is 130 Å². The summed E-state index contributed by atoms with van der Waals surface area (Å²) in [4.78, 5) is 37.9. The van der Waals surface area contributed by atoms with Crippen molar-refractivity contribution in [3.8, 4) is 22.3 Å². The van der Waals surface area contributed by atoms with Crippen LogP contribution in [0.5, 0.6) is 0 Å². The van der Waals surface area contributed by atoms with Gasteiger partial charge < -0.3 is 20.0 Å². The van der Waals surface area contributed by atoms with E-state index in [9.17, 15) is 4.79 Å². The normalized spacial score (nSPS) is 12.8. The average molecular weight is 1100 g/mol. The number of nitrogens with zero attached hydrogens (tertiary/aromatic N) is 4. The van der Waals surface area contributed by atoms with Crippen LogP contribution >= 0.6 is 0 Å². The van der Waals surface area contributed by atoms with Crippen molar-refractivity contribution in [3.05, 3.63) is 250 Å². The molecule has 0 atom stereocenters. The molecule has 0 saturated heterocycles. The fourth-order valence-corrected chi connectivity index (χ4v) is 10.3. The summed E-state index contributed by atoms with van der Waals surface area (Å²) in [7, 11) is 0. The van der Waals surface area contributed by atoms with Crippen LogP contribution in [0.3, 0.4) is 0 Å². The predicted molar refractivity (Wildman–Crippen MR) is 344 cm³/mol. The molecule has 0 radical (unpaired) electrons. The summed E-state index contributed by atoms with van der Waals surface area (Å²) in [6.45, 7) is 23.8. The number of rotatable bonds is 15. The van der Waals surface area contributed by atoms with Crippen molar-refractivity contribution >= 4 is 58.7 Å². The molecule has 10 nitrogen and oxygen atoms in total. The lowest BCUT2D eigenvalue weighted by Gasteiger charge is -2.23. The maximum Gasteiger partial charge on any atom is 0.303 e. The standard InChI is InChI=1S/C64H56N8.C5H10O2.2C2H6/c1-5-49(26-35-66-40-46-12-6-43(2)7-13-46)61-53-18-20-55(67-53)62(50-27-33-65-34-28-50)56-22-23-58(69-56)64(52-31-38-72(39-32-52)42-48-16-10-45(4)11-17-48)60-25-24-59(70-60)63(57-21-19-54(61)68-57)51-29-36-71(37-30-51)41-47-14-8-44(3)9-15-47;1-2-3-4-5(6)7;2*1-2/h5-17,19,21-36,38-39H,1,18,20,37,40-42H2,2-4H3,(H,68,69,70);2-4H2,1H3,(H,6,7);2*1-2H3/p+3/b49-26+,66-35?;;;. The van der Waals surface area contributed by atoms with E-state index in [4.69, 9.17) is 15.1 Å². The Hall–Kier alpha value is -9.28. The van der Waals surface area contributed by atoms with Crippen molar-refractivity contribution in [1.29, 1.82) is 0 Å². The minimum Gasteiger partial charge on any atom is -0.481 e. The number of nitrogens with one attached hydrogen (secondary N) is 4. The van der Waals surface area contributed by atoms with E-state index in [-0.39, 0.29) is 0 Å². The highest BCUT2D eigenvalue weighted by Crippen LogP contribution is 2.38. The number of fused-ring (bicyclic) bond motifs is 8. The van der Waals surface area contributed by atoms with Crippen molar-refractivity contribution in [2.45, 2.75) is 107 Å². The fourth-order valence-electron chi connectivity index (χ4n) is 10.3. The van der Waals surface area contributed by atoms with Gasteiger partial charge in [0.1, 0.15) is 0 Å². The first-order valence-electron chi connectivity index (χ1n) is 29.4. The Bertz CT molecular complexity index is 3760. The molecule has 83 heavy (non-hydrogen) atoms. The Balaban J connectivity index is 0.000000756. The summed E-state index contributed by atoms with van der Waals surface area (Å²) >= 11 is 0. The van der Waals surface area contributed by atoms with Gasteiger partial charge in [-0.1, -0.05) is 149 Å². The molecule has 10 heteroatoms. The summed E-state index contributed by atoms with van der Waals surface area (Å²) < 4.78 is 2.23. The molecule has 0 amide bonds. The van der Waals surface area contributed by atoms with Crippen LogP contribution in [0.1, 0.15) is 133 Å². The largest absolute Gasteiger partial charge is 0.481 e. The van der Waals surface area contributed by atoms with Crippen LogP contribution in [0.15, 0.2) is 171 Å². The van der Waals surface area contributed by atoms with Gasteiger partial charge in [0.05, 0.1) is 22.8 Å². The second kappa shape index (κ2) is 29.4. The minimum atomic E-state index is -0.693. The third-order valence-corrected chi connectivity index (χ3v) is 14.6. The lowest BCUT2D eigenvalue weighted by atomic mass is 9.99. The van der Waals surface area contributed by atoms with Crippen molar-refractivity contribution in [3.63, 3.8) is 0 Å². The SMILES string of the molecule is C=C/C(=C\C=[NH+]Cc1ccc(C)cc1)c1c2nc(c(C3=CCN(Cc4ccc(C)cc4)C=C3)c3ccc([nH]3)c(-c3cc[n+](Cc4ccc(C)cc4)cc3)c3nc(c(-c4cc[nH+]cc4)c4[nH]c1CC4)C=C3)C=C2.CC.CC.CCCCC(=O)O. The average Bonchev–Trinajstić information content (AvgIpc) is 4.56. The zero-order valence-electron chi connectivity index (χ0n) is 49.7. The molecular formula is C73H81N8O2+3. The number of aliphatic carboxylic acids is 1. The molecule has 4 aliphatic heterocycles. The number of carboxylic acid groups (broad SMARTS) is 1. The Morgan fingerprint density at radius 3 is 1.82 bits per heavy atom. The van der Waals surface area contributed by atoms with Crippen molar-refractivity contribution in [2.24, 2.45) is 0 Å². The monoisotopic (exact) mass is 1100 g/mol. The van der Waals surface area contributed by atoms with Gasteiger partial charge >= 0.3 is 5.97 Å². The molecule has 0 unspecified atom stereocenters. The molecule has 4 aromatic heterocycles. The number of carboxylic acids is 1. The first kappa shape index (κ1) is 59.8. The molecule has 8 heterocycles. The van der Waals surface area contributed by atoms with Gasteiger partial charge in [0.2, 0.25) is 0 Å². The Labute approximate surface area is 491 Å². The van der Waals surface area contributed by atoms with E-state index in [1.54, 1.807) is 0 Å². The molecule has 4 aliphatic rings. The Kier molecular flexibility index (Phi) is 21.2. The molecular weight excluding hydrogens is 1020 g/mol. The molecule has 0 saturated carbocycles. The number of H-pyrrole nitrogens is 3. The van der Waals surface area contributed by atoms with Gasteiger partial charge in [0.25, 0.3) is 0 Å². The highest BCUT2D eigenvalue weighted by molar-refractivity contribution is 5.97. The van der Waals surface area contributed by atoms with Crippen LogP contribution in [-0.4, -0.2) is 48.7 Å². The lowest BCUT2D eigenvalue weighted by molar-refractivity contribution is -0.688. The van der Waals surface area contributed by atoms with Gasteiger partial charge in [-0.15, -0.1) is 0 Å². The van der Waals surface area contributed by atoms with Crippen molar-refractivity contribution in [2.75, 3.05) is 6.54 Å². The molecule has 5 N–H and O–H groups in total. The number of carbonyl (C=O) groups is 1. The van der Waals surface area contributed by atoms with Crippen LogP contribution < -0.4 is 14.5 Å². The summed E-state index contributed by atoms with van der Waals surface area (Å²) in [6, 6.07) is 39.3. The van der Waals surface area contributed by atoms with Gasteiger partial charge in [0, 0.05) is 112 Å². The third kappa shape index (κ3) is 15.4. The first-order valence-corrected chi connectivity index (χ1v) is 29.4. The summed E-state index contributed by atoms with van der Waals surface area (Å²) in [5, 5.41) is 8.04.